The van der Waals surface area contributed by atoms with E-state index in [9.17, 15) is 0 Å². The monoisotopic (exact) mass is 334 g/mol. The molecule has 0 aromatic heterocycles. The summed E-state index contributed by atoms with van der Waals surface area (Å²) in [5.74, 6) is 1.66. The van der Waals surface area contributed by atoms with E-state index in [1.54, 1.807) is 0 Å². The largest absolute Gasteiger partial charge is 0.377 e. The number of guanidine groups is 1. The number of aliphatic imine (C=N–C) groups is 1. The number of likely N-dealkylation sites (tertiary alicyclic amines) is 1. The van der Waals surface area contributed by atoms with Crippen LogP contribution in [0.3, 0.4) is 0 Å². The molecule has 136 valence electrons. The van der Waals surface area contributed by atoms with Crippen molar-refractivity contribution in [3.05, 3.63) is 0 Å². The molecular weight excluding hydrogens is 300 g/mol. The number of nitrogens with one attached hydrogen (secondary N) is 2. The molecule has 5 nitrogen and oxygen atoms in total. The van der Waals surface area contributed by atoms with Crippen LogP contribution in [0.1, 0.15) is 53.4 Å². The number of hydrogen-bond donors (Lipinski definition) is 2. The predicted molar refractivity (Wildman–Crippen MR) is 97.3 cm³/mol. The van der Waals surface area contributed by atoms with Crippen molar-refractivity contribution < 1.29 is 4.74 Å². The Morgan fingerprint density at radius 2 is 2.04 bits per heavy atom. The topological polar surface area (TPSA) is 48.9 Å². The van der Waals surface area contributed by atoms with Crippen LogP contribution in [0, 0.1) is 11.3 Å². The predicted octanol–water partition coefficient (Wildman–Crippen LogP) is 1.98. The molecular formula is C19H34N4O. The number of rotatable bonds is 4. The average molecular weight is 335 g/mol. The minimum atomic E-state index is 0.195. The van der Waals surface area contributed by atoms with E-state index in [2.05, 4.69) is 43.2 Å². The molecule has 24 heavy (non-hydrogen) atoms. The van der Waals surface area contributed by atoms with Gasteiger partial charge in [0, 0.05) is 55.2 Å². The normalized spacial score (nSPS) is 41.8. The molecule has 5 atom stereocenters. The molecule has 2 aliphatic carbocycles. The Bertz CT molecular complexity index is 502. The molecule has 2 saturated carbocycles. The van der Waals surface area contributed by atoms with Gasteiger partial charge in [0.2, 0.25) is 0 Å². The maximum absolute atomic E-state index is 5.93. The molecule has 0 aromatic rings. The Hall–Kier alpha value is -0.810. The summed E-state index contributed by atoms with van der Waals surface area (Å²) in [7, 11) is 0. The second kappa shape index (κ2) is 6.17. The van der Waals surface area contributed by atoms with Crippen molar-refractivity contribution in [1.29, 1.82) is 0 Å². The van der Waals surface area contributed by atoms with Crippen LogP contribution < -0.4 is 10.6 Å². The van der Waals surface area contributed by atoms with Gasteiger partial charge < -0.3 is 15.4 Å². The van der Waals surface area contributed by atoms with Crippen molar-refractivity contribution in [3.63, 3.8) is 0 Å². The molecule has 4 rings (SSSR count). The highest BCUT2D eigenvalue weighted by Gasteiger charge is 2.59. The third-order valence-electron chi connectivity index (χ3n) is 6.69. The van der Waals surface area contributed by atoms with Gasteiger partial charge >= 0.3 is 0 Å². The number of fused-ring (bicyclic) bond motifs is 1. The molecule has 0 aromatic carbocycles. The first-order valence-electron chi connectivity index (χ1n) is 9.95. The van der Waals surface area contributed by atoms with E-state index < -0.39 is 0 Å². The third kappa shape index (κ3) is 2.84. The summed E-state index contributed by atoms with van der Waals surface area (Å²) in [6.07, 6.45) is 5.62. The summed E-state index contributed by atoms with van der Waals surface area (Å²) < 4.78 is 5.93. The third-order valence-corrected chi connectivity index (χ3v) is 6.69. The minimum absolute atomic E-state index is 0.195. The molecule has 4 aliphatic rings. The van der Waals surface area contributed by atoms with Crippen molar-refractivity contribution in [2.24, 2.45) is 16.3 Å². The van der Waals surface area contributed by atoms with E-state index in [4.69, 9.17) is 9.73 Å². The fourth-order valence-electron chi connectivity index (χ4n) is 5.32. The molecule has 2 saturated heterocycles. The molecule has 2 N–H and O–H groups in total. The van der Waals surface area contributed by atoms with Crippen molar-refractivity contribution in [2.75, 3.05) is 19.7 Å². The first-order chi connectivity index (χ1) is 11.5. The van der Waals surface area contributed by atoms with Gasteiger partial charge in [0.15, 0.2) is 5.96 Å². The van der Waals surface area contributed by atoms with E-state index in [-0.39, 0.29) is 5.41 Å². The fourth-order valence-corrected chi connectivity index (χ4v) is 5.32. The zero-order valence-electron chi connectivity index (χ0n) is 15.7. The molecule has 5 unspecified atom stereocenters. The van der Waals surface area contributed by atoms with E-state index in [1.165, 1.54) is 32.2 Å². The molecule has 0 radical (unpaired) electrons. The van der Waals surface area contributed by atoms with Crippen molar-refractivity contribution in [3.8, 4) is 0 Å². The summed E-state index contributed by atoms with van der Waals surface area (Å²) >= 11 is 0. The SMILES string of the molecule is CCN=C(NC1CC(C)N(C2CC2)C1)NC1C2CCOC2C1(C)C. The Labute approximate surface area is 146 Å². The van der Waals surface area contributed by atoms with Gasteiger partial charge in [-0.05, 0) is 39.5 Å². The van der Waals surface area contributed by atoms with Gasteiger partial charge in [-0.15, -0.1) is 0 Å². The highest BCUT2D eigenvalue weighted by Crippen LogP contribution is 2.52. The van der Waals surface area contributed by atoms with Crippen LogP contribution in [-0.2, 0) is 4.74 Å². The van der Waals surface area contributed by atoms with Gasteiger partial charge in [0.1, 0.15) is 0 Å². The standard InChI is InChI=1S/C19H34N4O/c1-5-20-18(21-13-10-12(2)23(11-13)14-6-7-14)22-16-15-8-9-24-17(15)19(16,3)4/h12-17H,5-11H2,1-4H3,(H2,20,21,22). The zero-order chi connectivity index (χ0) is 16.9. The van der Waals surface area contributed by atoms with E-state index in [0.717, 1.165) is 25.2 Å². The van der Waals surface area contributed by atoms with Gasteiger partial charge in [-0.25, -0.2) is 0 Å². The molecule has 2 heterocycles. The molecule has 2 aliphatic heterocycles. The van der Waals surface area contributed by atoms with Gasteiger partial charge in [-0.2, -0.15) is 0 Å². The van der Waals surface area contributed by atoms with Crippen molar-refractivity contribution >= 4 is 5.96 Å². The van der Waals surface area contributed by atoms with Crippen LogP contribution in [0.4, 0.5) is 0 Å². The number of ether oxygens (including phenoxy) is 1. The van der Waals surface area contributed by atoms with Crippen LogP contribution in [0.25, 0.3) is 0 Å². The summed E-state index contributed by atoms with van der Waals surface area (Å²) in [5, 5.41) is 7.49. The zero-order valence-corrected chi connectivity index (χ0v) is 15.7. The van der Waals surface area contributed by atoms with Crippen molar-refractivity contribution in [2.45, 2.75) is 83.6 Å². The van der Waals surface area contributed by atoms with Gasteiger partial charge in [0.25, 0.3) is 0 Å². The first kappa shape index (κ1) is 16.6. The summed E-state index contributed by atoms with van der Waals surface area (Å²) in [5.41, 5.74) is 0.195. The first-order valence-corrected chi connectivity index (χ1v) is 9.95. The summed E-state index contributed by atoms with van der Waals surface area (Å²) in [4.78, 5) is 7.42. The molecule has 5 heteroatoms. The van der Waals surface area contributed by atoms with Gasteiger partial charge in [-0.1, -0.05) is 13.8 Å². The number of hydrogen-bond acceptors (Lipinski definition) is 3. The quantitative estimate of drug-likeness (QED) is 0.610. The van der Waals surface area contributed by atoms with Crippen LogP contribution in [0.2, 0.25) is 0 Å². The van der Waals surface area contributed by atoms with Crippen LogP contribution in [-0.4, -0.2) is 60.8 Å². The van der Waals surface area contributed by atoms with Crippen LogP contribution >= 0.6 is 0 Å². The van der Waals surface area contributed by atoms with E-state index in [1.807, 2.05) is 0 Å². The Morgan fingerprint density at radius 1 is 1.25 bits per heavy atom. The molecule has 4 fully saturated rings. The molecule has 0 bridgehead atoms. The van der Waals surface area contributed by atoms with Gasteiger partial charge in [-0.3, -0.25) is 9.89 Å². The maximum atomic E-state index is 5.93. The summed E-state index contributed by atoms with van der Waals surface area (Å²) in [6.45, 7) is 12.0. The highest BCUT2D eigenvalue weighted by atomic mass is 16.5. The van der Waals surface area contributed by atoms with Gasteiger partial charge in [0.05, 0.1) is 6.10 Å². The minimum Gasteiger partial charge on any atom is -0.377 e. The Kier molecular flexibility index (Phi) is 4.28. The van der Waals surface area contributed by atoms with Crippen molar-refractivity contribution in [1.82, 2.24) is 15.5 Å². The summed E-state index contributed by atoms with van der Waals surface area (Å²) in [6, 6.07) is 2.55. The second-order valence-electron chi connectivity index (χ2n) is 8.86. The average Bonchev–Trinajstić information content (AvgIpc) is 3.15. The van der Waals surface area contributed by atoms with Crippen LogP contribution in [0.15, 0.2) is 4.99 Å². The highest BCUT2D eigenvalue weighted by molar-refractivity contribution is 5.80. The molecule has 0 spiro atoms. The second-order valence-corrected chi connectivity index (χ2v) is 8.86. The van der Waals surface area contributed by atoms with E-state index >= 15 is 0 Å². The Balaban J connectivity index is 1.37. The Morgan fingerprint density at radius 3 is 2.75 bits per heavy atom. The van der Waals surface area contributed by atoms with E-state index in [0.29, 0.717) is 30.1 Å². The maximum Gasteiger partial charge on any atom is 0.191 e. The fraction of sp³-hybridized carbons (Fsp3) is 0.947. The number of nitrogens with zero attached hydrogens (tertiary/aromatic N) is 2. The lowest BCUT2D eigenvalue weighted by Crippen LogP contribution is -2.68. The lowest BCUT2D eigenvalue weighted by Gasteiger charge is -2.55. The lowest BCUT2D eigenvalue weighted by molar-refractivity contribution is -0.106. The lowest BCUT2D eigenvalue weighted by atomic mass is 9.57. The smallest absolute Gasteiger partial charge is 0.191 e. The van der Waals surface area contributed by atoms with Crippen LogP contribution in [0.5, 0.6) is 0 Å². The molecule has 0 amide bonds.